The summed E-state index contributed by atoms with van der Waals surface area (Å²) in [5.41, 5.74) is 1.23. The molecular formula is C15H23BrClN. The molecule has 0 aliphatic rings. The molecule has 1 aromatic rings. The number of rotatable bonds is 7. The van der Waals surface area contributed by atoms with Crippen LogP contribution < -0.4 is 5.32 Å². The Kier molecular flexibility index (Phi) is 7.28. The minimum atomic E-state index is 0.524. The molecule has 1 aromatic carbocycles. The zero-order chi connectivity index (χ0) is 13.5. The van der Waals surface area contributed by atoms with Crippen molar-refractivity contribution in [1.29, 1.82) is 0 Å². The highest BCUT2D eigenvalue weighted by Crippen LogP contribution is 2.23. The predicted molar refractivity (Wildman–Crippen MR) is 84.4 cm³/mol. The Bertz CT molecular complexity index is 366. The molecule has 0 aliphatic carbocycles. The summed E-state index contributed by atoms with van der Waals surface area (Å²) in [6.45, 7) is 7.72. The van der Waals surface area contributed by atoms with E-state index in [1.807, 2.05) is 6.07 Å². The lowest BCUT2D eigenvalue weighted by molar-refractivity contribution is 0.434. The molecule has 0 aromatic heterocycles. The Morgan fingerprint density at radius 1 is 1.28 bits per heavy atom. The molecule has 18 heavy (non-hydrogen) atoms. The third-order valence-electron chi connectivity index (χ3n) is 3.07. The first-order valence-corrected chi connectivity index (χ1v) is 7.87. The van der Waals surface area contributed by atoms with Gasteiger partial charge in [0.25, 0.3) is 0 Å². The van der Waals surface area contributed by atoms with Crippen LogP contribution in [-0.2, 0) is 6.42 Å². The van der Waals surface area contributed by atoms with Gasteiger partial charge in [0.15, 0.2) is 0 Å². The normalized spacial score (nSPS) is 13.0. The Hall–Kier alpha value is -0.0500. The maximum Gasteiger partial charge on any atom is 0.0449 e. The molecule has 3 heteroatoms. The molecule has 0 saturated heterocycles. The van der Waals surface area contributed by atoms with Gasteiger partial charge in [0, 0.05) is 15.5 Å². The van der Waals surface area contributed by atoms with Gasteiger partial charge in [0.1, 0.15) is 0 Å². The molecule has 0 fully saturated rings. The van der Waals surface area contributed by atoms with Gasteiger partial charge >= 0.3 is 0 Å². The van der Waals surface area contributed by atoms with Crippen LogP contribution in [0.2, 0.25) is 5.02 Å². The highest BCUT2D eigenvalue weighted by atomic mass is 79.9. The highest BCUT2D eigenvalue weighted by molar-refractivity contribution is 9.10. The van der Waals surface area contributed by atoms with Crippen LogP contribution in [-0.4, -0.2) is 12.6 Å². The van der Waals surface area contributed by atoms with Gasteiger partial charge in [-0.05, 0) is 49.4 Å². The third-order valence-corrected chi connectivity index (χ3v) is 3.91. The highest BCUT2D eigenvalue weighted by Gasteiger charge is 2.11. The predicted octanol–water partition coefficient (Wildman–Crippen LogP) is 5.06. The van der Waals surface area contributed by atoms with Gasteiger partial charge in [-0.15, -0.1) is 0 Å². The van der Waals surface area contributed by atoms with E-state index in [4.69, 9.17) is 11.6 Å². The molecular weight excluding hydrogens is 310 g/mol. The van der Waals surface area contributed by atoms with Crippen molar-refractivity contribution in [3.8, 4) is 0 Å². The second-order valence-corrected chi connectivity index (χ2v) is 6.49. The third kappa shape index (κ3) is 5.73. The molecule has 0 amide bonds. The fourth-order valence-electron chi connectivity index (χ4n) is 2.05. The van der Waals surface area contributed by atoms with Gasteiger partial charge in [0.05, 0.1) is 0 Å². The van der Waals surface area contributed by atoms with E-state index in [9.17, 15) is 0 Å². The monoisotopic (exact) mass is 331 g/mol. The standard InChI is InChI=1S/C15H23BrClN/c1-4-18-14(8-5-11(2)3)9-12-6-7-13(16)10-15(12)17/h6-7,10-11,14,18H,4-5,8-9H2,1-3H3. The molecule has 0 radical (unpaired) electrons. The average molecular weight is 333 g/mol. The van der Waals surface area contributed by atoms with Gasteiger partial charge < -0.3 is 5.32 Å². The summed E-state index contributed by atoms with van der Waals surface area (Å²) in [6, 6.07) is 6.68. The lowest BCUT2D eigenvalue weighted by atomic mass is 9.98. The van der Waals surface area contributed by atoms with Gasteiger partial charge in [0.2, 0.25) is 0 Å². The van der Waals surface area contributed by atoms with E-state index >= 15 is 0 Å². The fraction of sp³-hybridized carbons (Fsp3) is 0.600. The second kappa shape index (κ2) is 8.19. The lowest BCUT2D eigenvalue weighted by Crippen LogP contribution is -2.31. The molecule has 1 rings (SSSR count). The van der Waals surface area contributed by atoms with Crippen LogP contribution in [0, 0.1) is 5.92 Å². The van der Waals surface area contributed by atoms with E-state index in [0.717, 1.165) is 28.4 Å². The number of hydrogen-bond acceptors (Lipinski definition) is 1. The Morgan fingerprint density at radius 2 is 2.00 bits per heavy atom. The molecule has 0 spiro atoms. The summed E-state index contributed by atoms with van der Waals surface area (Å²) in [5, 5.41) is 4.42. The van der Waals surface area contributed by atoms with Crippen LogP contribution in [0.1, 0.15) is 39.2 Å². The van der Waals surface area contributed by atoms with Crippen LogP contribution in [0.25, 0.3) is 0 Å². The quantitative estimate of drug-likeness (QED) is 0.736. The number of nitrogens with one attached hydrogen (secondary N) is 1. The van der Waals surface area contributed by atoms with Crippen LogP contribution in [0.15, 0.2) is 22.7 Å². The van der Waals surface area contributed by atoms with Crippen LogP contribution in [0.3, 0.4) is 0 Å². The van der Waals surface area contributed by atoms with Crippen LogP contribution >= 0.6 is 27.5 Å². The van der Waals surface area contributed by atoms with E-state index in [1.54, 1.807) is 0 Å². The van der Waals surface area contributed by atoms with Crippen molar-refractivity contribution in [2.75, 3.05) is 6.54 Å². The SMILES string of the molecule is CCNC(CCC(C)C)Cc1ccc(Br)cc1Cl. The Balaban J connectivity index is 2.64. The van der Waals surface area contributed by atoms with Crippen LogP contribution in [0.4, 0.5) is 0 Å². The maximum atomic E-state index is 6.28. The van der Waals surface area contributed by atoms with Gasteiger partial charge in [-0.1, -0.05) is 54.4 Å². The largest absolute Gasteiger partial charge is 0.314 e. The smallest absolute Gasteiger partial charge is 0.0449 e. The molecule has 0 aliphatic heterocycles. The molecule has 0 bridgehead atoms. The lowest BCUT2D eigenvalue weighted by Gasteiger charge is -2.19. The van der Waals surface area contributed by atoms with Gasteiger partial charge in [-0.3, -0.25) is 0 Å². The summed E-state index contributed by atoms with van der Waals surface area (Å²) in [7, 11) is 0. The average Bonchev–Trinajstić information content (AvgIpc) is 2.29. The summed E-state index contributed by atoms with van der Waals surface area (Å²) in [6.07, 6.45) is 3.47. The number of likely N-dealkylation sites (N-methyl/N-ethyl adjacent to an activating group) is 1. The first kappa shape index (κ1) is 16.0. The van der Waals surface area contributed by atoms with Crippen molar-refractivity contribution in [3.63, 3.8) is 0 Å². The Labute approximate surface area is 124 Å². The zero-order valence-electron chi connectivity index (χ0n) is 11.5. The second-order valence-electron chi connectivity index (χ2n) is 5.17. The molecule has 0 heterocycles. The van der Waals surface area contributed by atoms with Crippen molar-refractivity contribution in [2.24, 2.45) is 5.92 Å². The number of benzene rings is 1. The molecule has 102 valence electrons. The van der Waals surface area contributed by atoms with Crippen molar-refractivity contribution in [1.82, 2.24) is 5.32 Å². The van der Waals surface area contributed by atoms with Crippen molar-refractivity contribution in [3.05, 3.63) is 33.3 Å². The van der Waals surface area contributed by atoms with E-state index in [1.165, 1.54) is 18.4 Å². The van der Waals surface area contributed by atoms with Crippen molar-refractivity contribution in [2.45, 2.75) is 46.1 Å². The van der Waals surface area contributed by atoms with Gasteiger partial charge in [-0.25, -0.2) is 0 Å². The fourth-order valence-corrected chi connectivity index (χ4v) is 2.80. The zero-order valence-corrected chi connectivity index (χ0v) is 13.8. The minimum Gasteiger partial charge on any atom is -0.314 e. The van der Waals surface area contributed by atoms with Gasteiger partial charge in [-0.2, -0.15) is 0 Å². The van der Waals surface area contributed by atoms with Crippen molar-refractivity contribution >= 4 is 27.5 Å². The summed E-state index contributed by atoms with van der Waals surface area (Å²) in [5.74, 6) is 0.756. The van der Waals surface area contributed by atoms with E-state index in [-0.39, 0.29) is 0 Å². The van der Waals surface area contributed by atoms with E-state index in [0.29, 0.717) is 6.04 Å². The minimum absolute atomic E-state index is 0.524. The Morgan fingerprint density at radius 3 is 2.56 bits per heavy atom. The summed E-state index contributed by atoms with van der Waals surface area (Å²) >= 11 is 9.72. The molecule has 1 unspecified atom stereocenters. The van der Waals surface area contributed by atoms with E-state index < -0.39 is 0 Å². The molecule has 1 N–H and O–H groups in total. The summed E-state index contributed by atoms with van der Waals surface area (Å²) in [4.78, 5) is 0. The first-order chi connectivity index (χ1) is 8.52. The first-order valence-electron chi connectivity index (χ1n) is 6.70. The maximum absolute atomic E-state index is 6.28. The topological polar surface area (TPSA) is 12.0 Å². The molecule has 1 nitrogen and oxygen atoms in total. The van der Waals surface area contributed by atoms with Crippen molar-refractivity contribution < 1.29 is 0 Å². The molecule has 1 atom stereocenters. The van der Waals surface area contributed by atoms with E-state index in [2.05, 4.69) is 54.2 Å². The number of halogens is 2. The molecule has 0 saturated carbocycles. The number of hydrogen-bond donors (Lipinski definition) is 1. The van der Waals surface area contributed by atoms with Crippen LogP contribution in [0.5, 0.6) is 0 Å². The summed E-state index contributed by atoms with van der Waals surface area (Å²) < 4.78 is 1.04.